The van der Waals surface area contributed by atoms with Crippen LogP contribution < -0.4 is 0 Å². The molecular weight excluding hydrogens is 290 g/mol. The van der Waals surface area contributed by atoms with Crippen LogP contribution in [0.4, 0.5) is 0 Å². The molecule has 1 unspecified atom stereocenters. The standard InChI is InChI=1S/C14H15N3O5/c1-15-7-8-16(13(20)12(15)19)17(9-18)11(14(21)22)10-5-3-2-4-6-10/h2-6,9,11H,7-8H2,1H3,(H,21,22). The molecule has 1 fully saturated rings. The highest BCUT2D eigenvalue weighted by atomic mass is 16.4. The fourth-order valence-corrected chi connectivity index (χ4v) is 2.24. The Kier molecular flexibility index (Phi) is 4.40. The third-order valence-electron chi connectivity index (χ3n) is 3.41. The number of hydrogen-bond donors (Lipinski definition) is 1. The van der Waals surface area contributed by atoms with Gasteiger partial charge in [0.15, 0.2) is 6.04 Å². The predicted molar refractivity (Wildman–Crippen MR) is 74.1 cm³/mol. The number of carbonyl (C=O) groups is 4. The number of amides is 3. The molecule has 1 aliphatic heterocycles. The summed E-state index contributed by atoms with van der Waals surface area (Å²) in [4.78, 5) is 48.0. The van der Waals surface area contributed by atoms with Gasteiger partial charge in [-0.15, -0.1) is 0 Å². The molecule has 1 aromatic rings. The molecule has 1 aliphatic rings. The lowest BCUT2D eigenvalue weighted by Gasteiger charge is -2.39. The summed E-state index contributed by atoms with van der Waals surface area (Å²) in [6.07, 6.45) is 0.252. The Bertz CT molecular complexity index is 604. The van der Waals surface area contributed by atoms with Crippen molar-refractivity contribution in [2.24, 2.45) is 0 Å². The second-order valence-corrected chi connectivity index (χ2v) is 4.79. The summed E-state index contributed by atoms with van der Waals surface area (Å²) >= 11 is 0. The second-order valence-electron chi connectivity index (χ2n) is 4.79. The van der Waals surface area contributed by atoms with Gasteiger partial charge < -0.3 is 10.0 Å². The van der Waals surface area contributed by atoms with Crippen LogP contribution in [0.2, 0.25) is 0 Å². The number of carbonyl (C=O) groups excluding carboxylic acids is 3. The van der Waals surface area contributed by atoms with Crippen LogP contribution in [0.15, 0.2) is 30.3 Å². The molecule has 3 amide bonds. The lowest BCUT2D eigenvalue weighted by atomic mass is 10.1. The number of hydrazine groups is 1. The van der Waals surface area contributed by atoms with Crippen molar-refractivity contribution in [1.82, 2.24) is 14.9 Å². The molecule has 8 nitrogen and oxygen atoms in total. The Morgan fingerprint density at radius 3 is 2.41 bits per heavy atom. The summed E-state index contributed by atoms with van der Waals surface area (Å²) in [5, 5.41) is 11.1. The van der Waals surface area contributed by atoms with Gasteiger partial charge >= 0.3 is 17.8 Å². The molecule has 1 N–H and O–H groups in total. The summed E-state index contributed by atoms with van der Waals surface area (Å²) in [5.41, 5.74) is 0.335. The largest absolute Gasteiger partial charge is 0.479 e. The molecule has 0 aromatic heterocycles. The Balaban J connectivity index is 2.36. The molecule has 2 rings (SSSR count). The Labute approximate surface area is 126 Å². The van der Waals surface area contributed by atoms with E-state index in [0.29, 0.717) is 5.56 Å². The fourth-order valence-electron chi connectivity index (χ4n) is 2.24. The van der Waals surface area contributed by atoms with Gasteiger partial charge in [-0.05, 0) is 5.56 Å². The maximum absolute atomic E-state index is 12.0. The first kappa shape index (κ1) is 15.5. The zero-order valence-corrected chi connectivity index (χ0v) is 11.9. The van der Waals surface area contributed by atoms with Gasteiger partial charge in [-0.3, -0.25) is 14.4 Å². The topological polar surface area (TPSA) is 98.2 Å². The van der Waals surface area contributed by atoms with Crippen molar-refractivity contribution >= 4 is 24.2 Å². The van der Waals surface area contributed by atoms with E-state index in [9.17, 15) is 24.3 Å². The minimum atomic E-state index is -1.38. The number of nitrogens with zero attached hydrogens (tertiary/aromatic N) is 3. The lowest BCUT2D eigenvalue weighted by molar-refractivity contribution is -0.179. The van der Waals surface area contributed by atoms with Crippen LogP contribution in [0.5, 0.6) is 0 Å². The molecule has 0 radical (unpaired) electrons. The summed E-state index contributed by atoms with van der Waals surface area (Å²) in [6.45, 7) is 0.270. The minimum Gasteiger partial charge on any atom is -0.479 e. The van der Waals surface area contributed by atoms with E-state index in [0.717, 1.165) is 10.0 Å². The van der Waals surface area contributed by atoms with Crippen LogP contribution in [0.25, 0.3) is 0 Å². The first-order valence-corrected chi connectivity index (χ1v) is 6.55. The Morgan fingerprint density at radius 1 is 1.23 bits per heavy atom. The molecule has 1 aromatic carbocycles. The Morgan fingerprint density at radius 2 is 1.86 bits per heavy atom. The van der Waals surface area contributed by atoms with Gasteiger partial charge in [0.05, 0.1) is 6.54 Å². The minimum absolute atomic E-state index is 0.0520. The van der Waals surface area contributed by atoms with Gasteiger partial charge in [0.1, 0.15) is 0 Å². The first-order valence-electron chi connectivity index (χ1n) is 6.55. The molecule has 0 saturated carbocycles. The number of benzene rings is 1. The highest BCUT2D eigenvalue weighted by Crippen LogP contribution is 2.23. The second kappa shape index (κ2) is 6.25. The number of rotatable bonds is 5. The summed E-state index contributed by atoms with van der Waals surface area (Å²) in [7, 11) is 1.47. The SMILES string of the molecule is CN1CCN(N(C=O)C(C(=O)O)c2ccccc2)C(=O)C1=O. The van der Waals surface area contributed by atoms with E-state index in [4.69, 9.17) is 0 Å². The molecule has 1 atom stereocenters. The van der Waals surface area contributed by atoms with Crippen LogP contribution >= 0.6 is 0 Å². The molecule has 8 heteroatoms. The van der Waals surface area contributed by atoms with Gasteiger partial charge in [-0.2, -0.15) is 0 Å². The highest BCUT2D eigenvalue weighted by molar-refractivity contribution is 6.35. The monoisotopic (exact) mass is 305 g/mol. The van der Waals surface area contributed by atoms with Crippen molar-refractivity contribution in [2.45, 2.75) is 6.04 Å². The van der Waals surface area contributed by atoms with Gasteiger partial charge in [0, 0.05) is 13.6 Å². The van der Waals surface area contributed by atoms with Crippen LogP contribution in [0.1, 0.15) is 11.6 Å². The average molecular weight is 305 g/mol. The van der Waals surface area contributed by atoms with E-state index in [2.05, 4.69) is 0 Å². The number of hydrogen-bond acceptors (Lipinski definition) is 4. The number of likely N-dealkylation sites (N-methyl/N-ethyl adjacent to an activating group) is 1. The van der Waals surface area contributed by atoms with Crippen LogP contribution in [0, 0.1) is 0 Å². The number of piperazine rings is 1. The smallest absolute Gasteiger partial charge is 0.333 e. The molecule has 0 bridgehead atoms. The zero-order valence-electron chi connectivity index (χ0n) is 11.9. The molecule has 0 aliphatic carbocycles. The predicted octanol–water partition coefficient (Wildman–Crippen LogP) is -0.514. The van der Waals surface area contributed by atoms with Crippen LogP contribution in [-0.4, -0.2) is 64.4 Å². The van der Waals surface area contributed by atoms with Crippen molar-refractivity contribution in [2.75, 3.05) is 20.1 Å². The summed E-state index contributed by atoms with van der Waals surface area (Å²) in [5.74, 6) is -3.00. The van der Waals surface area contributed by atoms with Crippen LogP contribution in [0.3, 0.4) is 0 Å². The molecule has 1 saturated heterocycles. The number of aliphatic carboxylic acids is 1. The van der Waals surface area contributed by atoms with Crippen molar-refractivity contribution in [3.8, 4) is 0 Å². The van der Waals surface area contributed by atoms with E-state index in [1.165, 1.54) is 24.1 Å². The summed E-state index contributed by atoms with van der Waals surface area (Å²) in [6, 6.07) is 6.67. The maximum atomic E-state index is 12.0. The van der Waals surface area contributed by atoms with Gasteiger partial charge in [-0.25, -0.2) is 14.8 Å². The number of carboxylic acids is 1. The van der Waals surface area contributed by atoms with E-state index in [1.807, 2.05) is 0 Å². The van der Waals surface area contributed by atoms with Gasteiger partial charge in [-0.1, -0.05) is 30.3 Å². The summed E-state index contributed by atoms with van der Waals surface area (Å²) < 4.78 is 0. The van der Waals surface area contributed by atoms with E-state index in [1.54, 1.807) is 18.2 Å². The zero-order chi connectivity index (χ0) is 16.3. The molecule has 22 heavy (non-hydrogen) atoms. The highest BCUT2D eigenvalue weighted by Gasteiger charge is 2.39. The quantitative estimate of drug-likeness (QED) is 0.583. The molecule has 1 heterocycles. The van der Waals surface area contributed by atoms with E-state index in [-0.39, 0.29) is 19.5 Å². The molecule has 116 valence electrons. The Hall–Kier alpha value is -2.90. The number of carboxylic acid groups (broad SMARTS) is 1. The normalized spacial score (nSPS) is 16.4. The van der Waals surface area contributed by atoms with Crippen molar-refractivity contribution in [1.29, 1.82) is 0 Å². The van der Waals surface area contributed by atoms with E-state index < -0.39 is 23.8 Å². The van der Waals surface area contributed by atoms with Crippen molar-refractivity contribution in [3.63, 3.8) is 0 Å². The first-order chi connectivity index (χ1) is 10.5. The van der Waals surface area contributed by atoms with Crippen molar-refractivity contribution in [3.05, 3.63) is 35.9 Å². The average Bonchev–Trinajstić information content (AvgIpc) is 2.51. The lowest BCUT2D eigenvalue weighted by Crippen LogP contribution is -2.60. The third kappa shape index (κ3) is 2.76. The molecular formula is C14H15N3O5. The van der Waals surface area contributed by atoms with Crippen LogP contribution in [-0.2, 0) is 19.2 Å². The fraction of sp³-hybridized carbons (Fsp3) is 0.286. The van der Waals surface area contributed by atoms with Gasteiger partial charge in [0.25, 0.3) is 0 Å². The van der Waals surface area contributed by atoms with Crippen molar-refractivity contribution < 1.29 is 24.3 Å². The van der Waals surface area contributed by atoms with Gasteiger partial charge in [0.2, 0.25) is 6.41 Å². The molecule has 0 spiro atoms. The maximum Gasteiger partial charge on any atom is 0.333 e. The van der Waals surface area contributed by atoms with E-state index >= 15 is 0 Å². The third-order valence-corrected chi connectivity index (χ3v) is 3.41.